The van der Waals surface area contributed by atoms with Crippen LogP contribution in [0.4, 0.5) is 4.79 Å². The number of benzene rings is 2. The van der Waals surface area contributed by atoms with Crippen molar-refractivity contribution in [3.8, 4) is 11.1 Å². The Hall–Kier alpha value is -3.61. The van der Waals surface area contributed by atoms with Gasteiger partial charge in [-0.2, -0.15) is 0 Å². The molecule has 1 saturated carbocycles. The molecule has 0 bridgehead atoms. The van der Waals surface area contributed by atoms with Crippen LogP contribution in [0.15, 0.2) is 60.7 Å². The van der Waals surface area contributed by atoms with Crippen molar-refractivity contribution in [2.45, 2.75) is 50.1 Å². The molecule has 3 aliphatic carbocycles. The van der Waals surface area contributed by atoms with E-state index < -0.39 is 18.0 Å². The highest BCUT2D eigenvalue weighted by molar-refractivity contribution is 5.80. The minimum Gasteiger partial charge on any atom is -0.481 e. The fraction of sp³-hybridized carbons (Fsp3) is 0.393. The first kappa shape index (κ1) is 23.1. The first-order chi connectivity index (χ1) is 17.0. The summed E-state index contributed by atoms with van der Waals surface area (Å²) < 4.78 is 5.65. The minimum absolute atomic E-state index is 0.0162. The van der Waals surface area contributed by atoms with E-state index in [4.69, 9.17) is 9.84 Å². The fourth-order valence-corrected chi connectivity index (χ4v) is 5.60. The van der Waals surface area contributed by atoms with E-state index in [1.165, 1.54) is 22.3 Å². The number of carboxylic acid groups (broad SMARTS) is 1. The number of alkyl carbamates (subject to hydrolysis) is 1. The lowest BCUT2D eigenvalue weighted by Gasteiger charge is -2.29. The Morgan fingerprint density at radius 1 is 0.857 bits per heavy atom. The largest absolute Gasteiger partial charge is 0.481 e. The zero-order valence-corrected chi connectivity index (χ0v) is 19.5. The summed E-state index contributed by atoms with van der Waals surface area (Å²) in [6, 6.07) is 16.2. The predicted molar refractivity (Wildman–Crippen MR) is 131 cm³/mol. The molecule has 35 heavy (non-hydrogen) atoms. The molecule has 2 aromatic carbocycles. The number of nitrogens with one attached hydrogen (secondary N) is 2. The summed E-state index contributed by atoms with van der Waals surface area (Å²) in [6.07, 6.45) is 6.16. The number of aliphatic carboxylic acids is 1. The molecule has 2 amide bonds. The van der Waals surface area contributed by atoms with Crippen molar-refractivity contribution < 1.29 is 24.2 Å². The van der Waals surface area contributed by atoms with Crippen molar-refractivity contribution in [3.63, 3.8) is 0 Å². The number of carboxylic acids is 1. The zero-order chi connectivity index (χ0) is 24.4. The molecule has 5 rings (SSSR count). The summed E-state index contributed by atoms with van der Waals surface area (Å²) in [6.45, 7) is 0.282. The summed E-state index contributed by atoms with van der Waals surface area (Å²) in [7, 11) is 0. The van der Waals surface area contributed by atoms with Crippen LogP contribution in [0.5, 0.6) is 0 Å². The molecule has 0 saturated heterocycles. The SMILES string of the molecule is O=C(NC1CCC(C(=O)NC2C=CC(C(=O)O)C2)CC1)OCC1c2ccccc2-c2ccccc21. The van der Waals surface area contributed by atoms with Gasteiger partial charge in [0.25, 0.3) is 0 Å². The average molecular weight is 475 g/mol. The molecule has 0 spiro atoms. The maximum Gasteiger partial charge on any atom is 0.407 e. The van der Waals surface area contributed by atoms with Gasteiger partial charge in [0, 0.05) is 23.9 Å². The van der Waals surface area contributed by atoms with Crippen LogP contribution in [0.25, 0.3) is 11.1 Å². The van der Waals surface area contributed by atoms with Crippen molar-refractivity contribution >= 4 is 18.0 Å². The van der Waals surface area contributed by atoms with E-state index in [9.17, 15) is 14.4 Å². The van der Waals surface area contributed by atoms with Crippen LogP contribution in [-0.4, -0.2) is 41.8 Å². The lowest BCUT2D eigenvalue weighted by atomic mass is 9.85. The number of fused-ring (bicyclic) bond motifs is 3. The Balaban J connectivity index is 1.08. The Morgan fingerprint density at radius 2 is 1.49 bits per heavy atom. The summed E-state index contributed by atoms with van der Waals surface area (Å²) in [5.41, 5.74) is 4.75. The van der Waals surface area contributed by atoms with Gasteiger partial charge in [0.1, 0.15) is 6.61 Å². The number of hydrogen-bond donors (Lipinski definition) is 3. The van der Waals surface area contributed by atoms with Gasteiger partial charge in [-0.1, -0.05) is 60.7 Å². The second-order valence-electron chi connectivity index (χ2n) is 9.70. The third kappa shape index (κ3) is 4.94. The van der Waals surface area contributed by atoms with E-state index in [2.05, 4.69) is 34.9 Å². The molecule has 0 aromatic heterocycles. The van der Waals surface area contributed by atoms with Gasteiger partial charge in [0.15, 0.2) is 0 Å². The van der Waals surface area contributed by atoms with Gasteiger partial charge in [-0.25, -0.2) is 4.79 Å². The summed E-state index contributed by atoms with van der Waals surface area (Å²) in [4.78, 5) is 36.2. The standard InChI is InChI=1S/C28H30N2O5/c31-26(29-20-14-11-18(15-20)27(32)33)17-9-12-19(13-10-17)30-28(34)35-16-25-23-7-3-1-5-21(23)22-6-2-4-8-24(22)25/h1-8,11,14,17-20,25H,9-10,12-13,15-16H2,(H,29,31)(H,30,34)(H,32,33). The quantitative estimate of drug-likeness (QED) is 0.544. The van der Waals surface area contributed by atoms with Crippen LogP contribution < -0.4 is 10.6 Å². The van der Waals surface area contributed by atoms with Crippen molar-refractivity contribution in [1.82, 2.24) is 10.6 Å². The van der Waals surface area contributed by atoms with Gasteiger partial charge in [0.05, 0.1) is 5.92 Å². The molecule has 3 aliphatic rings. The van der Waals surface area contributed by atoms with Gasteiger partial charge in [-0.3, -0.25) is 9.59 Å². The molecule has 2 aromatic rings. The molecule has 0 radical (unpaired) electrons. The van der Waals surface area contributed by atoms with Gasteiger partial charge in [-0.05, 0) is 54.4 Å². The number of rotatable bonds is 6. The number of hydrogen-bond acceptors (Lipinski definition) is 4. The zero-order valence-electron chi connectivity index (χ0n) is 19.5. The van der Waals surface area contributed by atoms with Gasteiger partial charge >= 0.3 is 12.1 Å². The van der Waals surface area contributed by atoms with E-state index in [-0.39, 0.29) is 36.4 Å². The van der Waals surface area contributed by atoms with Crippen LogP contribution in [0.2, 0.25) is 0 Å². The monoisotopic (exact) mass is 474 g/mol. The molecule has 2 atom stereocenters. The van der Waals surface area contributed by atoms with Crippen LogP contribution in [-0.2, 0) is 14.3 Å². The Kier molecular flexibility index (Phi) is 6.57. The maximum absolute atomic E-state index is 12.6. The Labute approximate surface area is 204 Å². The number of amides is 2. The van der Waals surface area contributed by atoms with Crippen molar-refractivity contribution in [2.75, 3.05) is 6.61 Å². The molecule has 2 unspecified atom stereocenters. The first-order valence-electron chi connectivity index (χ1n) is 12.3. The number of carbonyl (C=O) groups is 3. The number of carbonyl (C=O) groups excluding carboxylic acids is 2. The van der Waals surface area contributed by atoms with E-state index in [1.54, 1.807) is 12.2 Å². The topological polar surface area (TPSA) is 105 Å². The second kappa shape index (κ2) is 9.94. The summed E-state index contributed by atoms with van der Waals surface area (Å²) in [5.74, 6) is -1.52. The minimum atomic E-state index is -0.863. The van der Waals surface area contributed by atoms with Crippen LogP contribution >= 0.6 is 0 Å². The molecule has 7 nitrogen and oxygen atoms in total. The highest BCUT2D eigenvalue weighted by Gasteiger charge is 2.32. The van der Waals surface area contributed by atoms with E-state index >= 15 is 0 Å². The normalized spacial score (nSPS) is 24.9. The maximum atomic E-state index is 12.6. The molecule has 7 heteroatoms. The van der Waals surface area contributed by atoms with Gasteiger partial charge in [0.2, 0.25) is 5.91 Å². The van der Waals surface area contributed by atoms with Crippen molar-refractivity contribution in [2.24, 2.45) is 11.8 Å². The highest BCUT2D eigenvalue weighted by Crippen LogP contribution is 2.44. The second-order valence-corrected chi connectivity index (χ2v) is 9.70. The molecular formula is C28H30N2O5. The van der Waals surface area contributed by atoms with Crippen LogP contribution in [0.1, 0.15) is 49.1 Å². The smallest absolute Gasteiger partial charge is 0.407 e. The highest BCUT2D eigenvalue weighted by atomic mass is 16.5. The molecule has 182 valence electrons. The fourth-order valence-electron chi connectivity index (χ4n) is 5.60. The molecule has 0 heterocycles. The summed E-state index contributed by atoms with van der Waals surface area (Å²) in [5, 5.41) is 15.0. The van der Waals surface area contributed by atoms with E-state index in [0.29, 0.717) is 32.1 Å². The van der Waals surface area contributed by atoms with Gasteiger partial charge < -0.3 is 20.5 Å². The molecular weight excluding hydrogens is 444 g/mol. The molecule has 3 N–H and O–H groups in total. The average Bonchev–Trinajstić information content (AvgIpc) is 3.46. The lowest BCUT2D eigenvalue weighted by Crippen LogP contribution is -2.43. The Bertz CT molecular complexity index is 1110. The van der Waals surface area contributed by atoms with E-state index in [1.807, 2.05) is 24.3 Å². The van der Waals surface area contributed by atoms with Crippen LogP contribution in [0.3, 0.4) is 0 Å². The lowest BCUT2D eigenvalue weighted by molar-refractivity contribution is -0.140. The molecule has 1 fully saturated rings. The summed E-state index contributed by atoms with van der Waals surface area (Å²) >= 11 is 0. The van der Waals surface area contributed by atoms with Crippen LogP contribution in [0, 0.1) is 11.8 Å². The van der Waals surface area contributed by atoms with Gasteiger partial charge in [-0.15, -0.1) is 0 Å². The predicted octanol–water partition coefficient (Wildman–Crippen LogP) is 4.23. The number of ether oxygens (including phenoxy) is 1. The first-order valence-corrected chi connectivity index (χ1v) is 12.3. The van der Waals surface area contributed by atoms with Crippen molar-refractivity contribution in [3.05, 3.63) is 71.8 Å². The Morgan fingerprint density at radius 3 is 2.09 bits per heavy atom. The molecule has 0 aliphatic heterocycles. The van der Waals surface area contributed by atoms with Crippen molar-refractivity contribution in [1.29, 1.82) is 0 Å². The third-order valence-corrected chi connectivity index (χ3v) is 7.49. The van der Waals surface area contributed by atoms with E-state index in [0.717, 1.165) is 0 Å². The third-order valence-electron chi connectivity index (χ3n) is 7.49.